The summed E-state index contributed by atoms with van der Waals surface area (Å²) in [5.74, 6) is 0. The minimum atomic E-state index is -1.08. The fraction of sp³-hybridized carbons (Fsp3) is 0.909. The lowest BCUT2D eigenvalue weighted by Gasteiger charge is -2.27. The van der Waals surface area contributed by atoms with Crippen LogP contribution in [0.2, 0.25) is 0 Å². The van der Waals surface area contributed by atoms with Gasteiger partial charge < -0.3 is 9.47 Å². The average Bonchev–Trinajstić information content (AvgIpc) is 2.66. The molecule has 0 saturated carbocycles. The van der Waals surface area contributed by atoms with Gasteiger partial charge in [0.05, 0.1) is 12.6 Å². The Hall–Kier alpha value is -0.840. The fourth-order valence-corrected chi connectivity index (χ4v) is 2.24. The first-order valence-corrected chi connectivity index (χ1v) is 5.64. The van der Waals surface area contributed by atoms with Crippen molar-refractivity contribution in [2.24, 2.45) is 0 Å². The Kier molecular flexibility index (Phi) is 2.82. The normalized spacial score (nSPS) is 34.0. The van der Waals surface area contributed by atoms with E-state index in [4.69, 9.17) is 9.47 Å². The summed E-state index contributed by atoms with van der Waals surface area (Å²) in [4.78, 5) is 13.3. The molecule has 16 heavy (non-hydrogen) atoms. The zero-order valence-electron chi connectivity index (χ0n) is 9.90. The van der Waals surface area contributed by atoms with Crippen LogP contribution in [0.25, 0.3) is 0 Å². The monoisotopic (exact) mass is 231 g/mol. The molecule has 1 amide bonds. The molecule has 4 nitrogen and oxygen atoms in total. The van der Waals surface area contributed by atoms with E-state index in [1.54, 1.807) is 20.8 Å². The molecule has 0 aliphatic carbocycles. The second-order valence-corrected chi connectivity index (χ2v) is 5.34. The molecular formula is C11H18FNO3. The van der Waals surface area contributed by atoms with Crippen LogP contribution in [0.3, 0.4) is 0 Å². The van der Waals surface area contributed by atoms with Gasteiger partial charge in [0, 0.05) is 6.61 Å². The number of nitrogens with zero attached hydrogens (tertiary/aromatic N) is 1. The lowest BCUT2D eigenvalue weighted by Crippen LogP contribution is -2.41. The van der Waals surface area contributed by atoms with Gasteiger partial charge in [-0.1, -0.05) is 0 Å². The van der Waals surface area contributed by atoms with E-state index in [1.165, 1.54) is 4.90 Å². The lowest BCUT2D eigenvalue weighted by atomic mass is 10.1. The van der Waals surface area contributed by atoms with E-state index in [9.17, 15) is 9.18 Å². The second-order valence-electron chi connectivity index (χ2n) is 5.34. The van der Waals surface area contributed by atoms with Crippen LogP contribution in [0.1, 0.15) is 27.2 Å². The molecule has 1 unspecified atom stereocenters. The Balaban J connectivity index is 2.02. The number of hydrogen-bond acceptors (Lipinski definition) is 3. The van der Waals surface area contributed by atoms with E-state index in [0.29, 0.717) is 13.0 Å². The van der Waals surface area contributed by atoms with E-state index >= 15 is 0 Å². The number of likely N-dealkylation sites (tertiary alicyclic amines) is 1. The van der Waals surface area contributed by atoms with Gasteiger partial charge in [-0.25, -0.2) is 9.18 Å². The molecular weight excluding hydrogens is 213 g/mol. The largest absolute Gasteiger partial charge is 0.444 e. The molecule has 0 radical (unpaired) electrons. The van der Waals surface area contributed by atoms with Crippen LogP contribution >= 0.6 is 0 Å². The number of fused-ring (bicyclic) bond motifs is 1. The lowest BCUT2D eigenvalue weighted by molar-refractivity contribution is 0.0208. The number of alkyl halides is 1. The van der Waals surface area contributed by atoms with Crippen LogP contribution in [0.15, 0.2) is 0 Å². The smallest absolute Gasteiger partial charge is 0.410 e. The van der Waals surface area contributed by atoms with Gasteiger partial charge in [-0.2, -0.15) is 0 Å². The van der Waals surface area contributed by atoms with Crippen molar-refractivity contribution < 1.29 is 18.7 Å². The molecule has 5 heteroatoms. The van der Waals surface area contributed by atoms with E-state index in [1.807, 2.05) is 0 Å². The zero-order chi connectivity index (χ0) is 11.9. The zero-order valence-corrected chi connectivity index (χ0v) is 9.90. The van der Waals surface area contributed by atoms with E-state index in [0.717, 1.165) is 0 Å². The van der Waals surface area contributed by atoms with Crippen molar-refractivity contribution in [3.05, 3.63) is 0 Å². The van der Waals surface area contributed by atoms with Crippen molar-refractivity contribution in [2.45, 2.75) is 51.1 Å². The van der Waals surface area contributed by atoms with Crippen molar-refractivity contribution in [3.63, 3.8) is 0 Å². The molecule has 0 bridgehead atoms. The number of halogens is 1. The fourth-order valence-electron chi connectivity index (χ4n) is 2.24. The minimum Gasteiger partial charge on any atom is -0.444 e. The van der Waals surface area contributed by atoms with Crippen LogP contribution in [0.5, 0.6) is 0 Å². The molecule has 0 aromatic carbocycles. The Bertz CT molecular complexity index is 289. The first kappa shape index (κ1) is 11.6. The van der Waals surface area contributed by atoms with Crippen molar-refractivity contribution in [2.75, 3.05) is 13.2 Å². The standard InChI is InChI=1S/C11H18FNO3/c1-11(2,3)16-10(14)13-6-7(12)9-8(13)4-5-15-9/h7-9H,4-6H2,1-3H3/t7-,8-,9?/m1/s1. The topological polar surface area (TPSA) is 38.8 Å². The van der Waals surface area contributed by atoms with E-state index < -0.39 is 24.0 Å². The highest BCUT2D eigenvalue weighted by molar-refractivity contribution is 5.69. The van der Waals surface area contributed by atoms with Crippen LogP contribution in [0, 0.1) is 0 Å². The highest BCUT2D eigenvalue weighted by Gasteiger charge is 2.49. The summed E-state index contributed by atoms with van der Waals surface area (Å²) in [5.41, 5.74) is -0.541. The first-order valence-electron chi connectivity index (χ1n) is 5.64. The van der Waals surface area contributed by atoms with Gasteiger partial charge in [0.1, 0.15) is 17.9 Å². The van der Waals surface area contributed by atoms with Gasteiger partial charge in [-0.05, 0) is 27.2 Å². The molecule has 0 N–H and O–H groups in total. The molecule has 3 atom stereocenters. The number of carbonyl (C=O) groups excluding carboxylic acids is 1. The number of amides is 1. The van der Waals surface area contributed by atoms with Gasteiger partial charge in [-0.15, -0.1) is 0 Å². The summed E-state index contributed by atoms with van der Waals surface area (Å²) in [6.45, 7) is 6.02. The summed E-state index contributed by atoms with van der Waals surface area (Å²) in [5, 5.41) is 0. The van der Waals surface area contributed by atoms with Crippen molar-refractivity contribution in [1.29, 1.82) is 0 Å². The quantitative estimate of drug-likeness (QED) is 0.637. The number of hydrogen-bond donors (Lipinski definition) is 0. The van der Waals surface area contributed by atoms with E-state index in [-0.39, 0.29) is 12.6 Å². The Labute approximate surface area is 94.7 Å². The molecule has 0 aromatic heterocycles. The molecule has 2 fully saturated rings. The highest BCUT2D eigenvalue weighted by atomic mass is 19.1. The third kappa shape index (κ3) is 2.14. The number of ether oxygens (including phenoxy) is 2. The Morgan fingerprint density at radius 1 is 1.50 bits per heavy atom. The molecule has 2 aliphatic rings. The van der Waals surface area contributed by atoms with Crippen LogP contribution in [-0.2, 0) is 9.47 Å². The molecule has 0 aromatic rings. The SMILES string of the molecule is CC(C)(C)OC(=O)N1C[C@@H](F)C2OCC[C@H]21. The maximum atomic E-state index is 13.5. The van der Waals surface area contributed by atoms with Gasteiger partial charge >= 0.3 is 6.09 Å². The predicted octanol–water partition coefficient (Wildman–Crippen LogP) is 1.73. The predicted molar refractivity (Wildman–Crippen MR) is 56.0 cm³/mol. The van der Waals surface area contributed by atoms with Crippen LogP contribution in [0.4, 0.5) is 9.18 Å². The third-order valence-electron chi connectivity index (χ3n) is 2.86. The molecule has 92 valence electrons. The average molecular weight is 231 g/mol. The van der Waals surface area contributed by atoms with Gasteiger partial charge in [0.2, 0.25) is 0 Å². The third-order valence-corrected chi connectivity index (χ3v) is 2.86. The molecule has 2 heterocycles. The summed E-state index contributed by atoms with van der Waals surface area (Å²) in [6, 6.07) is -0.148. The van der Waals surface area contributed by atoms with Crippen molar-refractivity contribution in [1.82, 2.24) is 4.90 Å². The van der Waals surface area contributed by atoms with Crippen molar-refractivity contribution >= 4 is 6.09 Å². The maximum absolute atomic E-state index is 13.5. The number of carbonyl (C=O) groups is 1. The van der Waals surface area contributed by atoms with Crippen molar-refractivity contribution in [3.8, 4) is 0 Å². The number of rotatable bonds is 0. The van der Waals surface area contributed by atoms with Gasteiger partial charge in [-0.3, -0.25) is 4.90 Å². The first-order chi connectivity index (χ1) is 7.38. The van der Waals surface area contributed by atoms with Crippen LogP contribution < -0.4 is 0 Å². The summed E-state index contributed by atoms with van der Waals surface area (Å²) < 4.78 is 24.1. The summed E-state index contributed by atoms with van der Waals surface area (Å²) in [7, 11) is 0. The van der Waals surface area contributed by atoms with Crippen LogP contribution in [-0.4, -0.2) is 48.1 Å². The Morgan fingerprint density at radius 2 is 2.19 bits per heavy atom. The summed E-state index contributed by atoms with van der Waals surface area (Å²) >= 11 is 0. The second kappa shape index (κ2) is 3.87. The molecule has 2 aliphatic heterocycles. The maximum Gasteiger partial charge on any atom is 0.410 e. The van der Waals surface area contributed by atoms with Gasteiger partial charge in [0.15, 0.2) is 0 Å². The molecule has 2 saturated heterocycles. The van der Waals surface area contributed by atoms with Gasteiger partial charge in [0.25, 0.3) is 0 Å². The highest BCUT2D eigenvalue weighted by Crippen LogP contribution is 2.32. The summed E-state index contributed by atoms with van der Waals surface area (Å²) in [6.07, 6.45) is -1.27. The van der Waals surface area contributed by atoms with E-state index in [2.05, 4.69) is 0 Å². The molecule has 2 rings (SSSR count). The molecule has 0 spiro atoms. The minimum absolute atomic E-state index is 0.0875. The Morgan fingerprint density at radius 3 is 2.81 bits per heavy atom.